The highest BCUT2D eigenvalue weighted by Gasteiger charge is 2.34. The first kappa shape index (κ1) is 17.9. The maximum absolute atomic E-state index is 13.9. The molecule has 0 aromatic heterocycles. The fourth-order valence-corrected chi connectivity index (χ4v) is 3.05. The van der Waals surface area contributed by atoms with Crippen molar-refractivity contribution in [3.8, 4) is 5.75 Å². The summed E-state index contributed by atoms with van der Waals surface area (Å²) in [4.78, 5) is 23.5. The van der Waals surface area contributed by atoms with Gasteiger partial charge in [-0.2, -0.15) is 0 Å². The number of aliphatic carboxylic acids is 1. The molecule has 0 bridgehead atoms. The number of carboxylic acids is 1. The van der Waals surface area contributed by atoms with E-state index in [1.165, 1.54) is 25.3 Å². The quantitative estimate of drug-likeness (QED) is 0.876. The van der Waals surface area contributed by atoms with Crippen LogP contribution in [0.15, 0.2) is 36.4 Å². The molecule has 0 radical (unpaired) electrons. The van der Waals surface area contributed by atoms with Crippen LogP contribution in [0.1, 0.15) is 29.2 Å². The van der Waals surface area contributed by atoms with Gasteiger partial charge in [0.2, 0.25) is 0 Å². The second kappa shape index (κ2) is 7.13. The van der Waals surface area contributed by atoms with Crippen molar-refractivity contribution in [3.63, 3.8) is 0 Å². The van der Waals surface area contributed by atoms with Crippen LogP contribution in [0.25, 0.3) is 0 Å². The summed E-state index contributed by atoms with van der Waals surface area (Å²) in [6.07, 6.45) is -2.53. The average molecular weight is 359 g/mol. The molecule has 3 rings (SSSR count). The predicted molar refractivity (Wildman–Crippen MR) is 91.7 cm³/mol. The molecule has 0 spiro atoms. The molecule has 0 fully saturated rings. The monoisotopic (exact) mass is 359 g/mol. The van der Waals surface area contributed by atoms with Gasteiger partial charge in [0.05, 0.1) is 13.5 Å². The number of ether oxygens (including phenoxy) is 2. The van der Waals surface area contributed by atoms with Crippen molar-refractivity contribution in [3.05, 3.63) is 58.9 Å². The number of nitrogens with one attached hydrogen (secondary N) is 1. The van der Waals surface area contributed by atoms with E-state index >= 15 is 0 Å². The van der Waals surface area contributed by atoms with E-state index in [1.807, 2.05) is 6.92 Å². The number of carbonyl (C=O) groups is 2. The third kappa shape index (κ3) is 3.39. The maximum atomic E-state index is 13.9. The summed E-state index contributed by atoms with van der Waals surface area (Å²) in [6.45, 7) is 1.82. The summed E-state index contributed by atoms with van der Waals surface area (Å²) in [5.74, 6) is -1.61. The van der Waals surface area contributed by atoms with Gasteiger partial charge in [0.25, 0.3) is 5.91 Å². The Morgan fingerprint density at radius 1 is 1.31 bits per heavy atom. The first-order chi connectivity index (χ1) is 12.4. The van der Waals surface area contributed by atoms with Gasteiger partial charge in [-0.15, -0.1) is 0 Å². The maximum Gasteiger partial charge on any atom is 0.306 e. The molecule has 2 unspecified atom stereocenters. The van der Waals surface area contributed by atoms with E-state index in [4.69, 9.17) is 14.6 Å². The normalized spacial score (nSPS) is 19.3. The third-order valence-corrected chi connectivity index (χ3v) is 4.34. The van der Waals surface area contributed by atoms with Crippen LogP contribution in [0.4, 0.5) is 10.1 Å². The molecule has 1 heterocycles. The van der Waals surface area contributed by atoms with Crippen LogP contribution in [0.5, 0.6) is 5.75 Å². The van der Waals surface area contributed by atoms with E-state index in [-0.39, 0.29) is 0 Å². The zero-order chi connectivity index (χ0) is 18.8. The summed E-state index contributed by atoms with van der Waals surface area (Å²) in [7, 11) is 1.53. The Hall–Kier alpha value is -2.93. The molecule has 2 atom stereocenters. The van der Waals surface area contributed by atoms with Crippen molar-refractivity contribution in [1.29, 1.82) is 0 Å². The second-order valence-corrected chi connectivity index (χ2v) is 6.00. The van der Waals surface area contributed by atoms with Crippen molar-refractivity contribution < 1.29 is 28.6 Å². The number of rotatable bonds is 4. The molecule has 136 valence electrons. The van der Waals surface area contributed by atoms with Crippen molar-refractivity contribution in [2.24, 2.45) is 0 Å². The Kier molecular flexibility index (Phi) is 4.90. The Morgan fingerprint density at radius 2 is 2.08 bits per heavy atom. The zero-order valence-electron chi connectivity index (χ0n) is 14.3. The van der Waals surface area contributed by atoms with Crippen LogP contribution in [-0.2, 0) is 14.3 Å². The molecular weight excluding hydrogens is 341 g/mol. The highest BCUT2D eigenvalue weighted by atomic mass is 19.1. The number of anilines is 1. The van der Waals surface area contributed by atoms with Gasteiger partial charge in [0.1, 0.15) is 23.8 Å². The van der Waals surface area contributed by atoms with E-state index in [1.54, 1.807) is 18.2 Å². The molecule has 2 aromatic carbocycles. The predicted octanol–water partition coefficient (Wildman–Crippen LogP) is 3.04. The van der Waals surface area contributed by atoms with Crippen LogP contribution in [0.2, 0.25) is 0 Å². The highest BCUT2D eigenvalue weighted by molar-refractivity contribution is 5.97. The molecule has 1 aliphatic rings. The van der Waals surface area contributed by atoms with Gasteiger partial charge in [0, 0.05) is 11.3 Å². The SMILES string of the molecule is COc1cccc(C2OC(CC(=O)O)C(=O)Nc3ccc(F)cc32)c1C. The number of methoxy groups -OCH3 is 1. The summed E-state index contributed by atoms with van der Waals surface area (Å²) >= 11 is 0. The lowest BCUT2D eigenvalue weighted by Gasteiger charge is -2.23. The summed E-state index contributed by atoms with van der Waals surface area (Å²) in [5, 5.41) is 11.7. The van der Waals surface area contributed by atoms with Crippen LogP contribution in [0, 0.1) is 12.7 Å². The third-order valence-electron chi connectivity index (χ3n) is 4.34. The summed E-state index contributed by atoms with van der Waals surface area (Å²) in [6, 6.07) is 9.27. The van der Waals surface area contributed by atoms with Crippen LogP contribution < -0.4 is 10.1 Å². The fraction of sp³-hybridized carbons (Fsp3) is 0.263. The summed E-state index contributed by atoms with van der Waals surface area (Å²) in [5.41, 5.74) is 2.24. The molecule has 0 saturated heterocycles. The van der Waals surface area contributed by atoms with Crippen molar-refractivity contribution in [2.45, 2.75) is 25.6 Å². The number of halogens is 1. The van der Waals surface area contributed by atoms with E-state index in [9.17, 15) is 14.0 Å². The number of hydrogen-bond donors (Lipinski definition) is 2. The Morgan fingerprint density at radius 3 is 2.77 bits per heavy atom. The second-order valence-electron chi connectivity index (χ2n) is 6.00. The molecule has 1 aliphatic heterocycles. The average Bonchev–Trinajstić information content (AvgIpc) is 2.72. The molecule has 2 aromatic rings. The molecule has 7 heteroatoms. The number of fused-ring (bicyclic) bond motifs is 1. The standard InChI is InChI=1S/C19H18FNO5/c1-10-12(4-3-5-15(10)25-2)18-13-8-11(20)6-7-14(13)21-19(24)16(26-18)9-17(22)23/h3-8,16,18H,9H2,1-2H3,(H,21,24)(H,22,23). The molecule has 0 saturated carbocycles. The van der Waals surface area contributed by atoms with Gasteiger partial charge >= 0.3 is 5.97 Å². The van der Waals surface area contributed by atoms with Crippen LogP contribution in [-0.4, -0.2) is 30.2 Å². The Labute approximate surface area is 149 Å². The Bertz CT molecular complexity index is 867. The van der Waals surface area contributed by atoms with Gasteiger partial charge in [-0.05, 0) is 42.3 Å². The van der Waals surface area contributed by atoms with E-state index in [0.29, 0.717) is 22.6 Å². The Balaban J connectivity index is 2.15. The highest BCUT2D eigenvalue weighted by Crippen LogP contribution is 2.39. The van der Waals surface area contributed by atoms with Gasteiger partial charge in [-0.25, -0.2) is 4.39 Å². The minimum Gasteiger partial charge on any atom is -0.496 e. The van der Waals surface area contributed by atoms with Crippen LogP contribution in [0.3, 0.4) is 0 Å². The van der Waals surface area contributed by atoms with Gasteiger partial charge in [0.15, 0.2) is 0 Å². The van der Waals surface area contributed by atoms with Crippen molar-refractivity contribution in [2.75, 3.05) is 12.4 Å². The van der Waals surface area contributed by atoms with Gasteiger partial charge in [-0.3, -0.25) is 9.59 Å². The van der Waals surface area contributed by atoms with E-state index < -0.39 is 36.3 Å². The van der Waals surface area contributed by atoms with Crippen molar-refractivity contribution in [1.82, 2.24) is 0 Å². The van der Waals surface area contributed by atoms with E-state index in [0.717, 1.165) is 5.56 Å². The number of carbonyl (C=O) groups excluding carboxylic acids is 1. The molecule has 1 amide bonds. The largest absolute Gasteiger partial charge is 0.496 e. The van der Waals surface area contributed by atoms with Crippen LogP contribution >= 0.6 is 0 Å². The number of amides is 1. The van der Waals surface area contributed by atoms with Gasteiger partial charge in [-0.1, -0.05) is 12.1 Å². The summed E-state index contributed by atoms with van der Waals surface area (Å²) < 4.78 is 25.1. The lowest BCUT2D eigenvalue weighted by atomic mass is 9.95. The smallest absolute Gasteiger partial charge is 0.306 e. The molecular formula is C19H18FNO5. The number of carboxylic acid groups (broad SMARTS) is 1. The first-order valence-electron chi connectivity index (χ1n) is 8.01. The minimum absolute atomic E-state index is 0.386. The molecule has 0 aliphatic carbocycles. The van der Waals surface area contributed by atoms with E-state index in [2.05, 4.69) is 5.32 Å². The number of benzene rings is 2. The van der Waals surface area contributed by atoms with Crippen molar-refractivity contribution >= 4 is 17.6 Å². The lowest BCUT2D eigenvalue weighted by Crippen LogP contribution is -2.31. The van der Waals surface area contributed by atoms with Gasteiger partial charge < -0.3 is 19.9 Å². The molecule has 2 N–H and O–H groups in total. The number of hydrogen-bond acceptors (Lipinski definition) is 4. The fourth-order valence-electron chi connectivity index (χ4n) is 3.05. The lowest BCUT2D eigenvalue weighted by molar-refractivity contribution is -0.146. The topological polar surface area (TPSA) is 84.9 Å². The molecule has 26 heavy (non-hydrogen) atoms. The molecule has 6 nitrogen and oxygen atoms in total. The first-order valence-corrected chi connectivity index (χ1v) is 8.01. The minimum atomic E-state index is -1.21. The zero-order valence-corrected chi connectivity index (χ0v) is 14.3.